The van der Waals surface area contributed by atoms with Crippen LogP contribution in [0.25, 0.3) is 0 Å². The van der Waals surface area contributed by atoms with Crippen molar-refractivity contribution in [3.63, 3.8) is 0 Å². The highest BCUT2D eigenvalue weighted by Crippen LogP contribution is 2.63. The van der Waals surface area contributed by atoms with Gasteiger partial charge in [-0.05, 0) is 55.4 Å². The first-order valence-corrected chi connectivity index (χ1v) is 11.4. The van der Waals surface area contributed by atoms with E-state index in [9.17, 15) is 14.4 Å². The molecule has 2 saturated carbocycles. The number of hydrogen-bond acceptors (Lipinski definition) is 8. The van der Waals surface area contributed by atoms with Gasteiger partial charge < -0.3 is 18.9 Å². The van der Waals surface area contributed by atoms with Crippen molar-refractivity contribution in [3.05, 3.63) is 23.8 Å². The Bertz CT molecular complexity index is 851. The number of methoxy groups -OCH3 is 1. The first-order valence-electron chi connectivity index (χ1n) is 11.4. The zero-order chi connectivity index (χ0) is 23.1. The van der Waals surface area contributed by atoms with Gasteiger partial charge in [0.25, 0.3) is 0 Å². The molecule has 6 atom stereocenters. The van der Waals surface area contributed by atoms with Crippen LogP contribution in [0.1, 0.15) is 46.0 Å². The van der Waals surface area contributed by atoms with Crippen molar-refractivity contribution in [3.8, 4) is 0 Å². The fourth-order valence-electron chi connectivity index (χ4n) is 6.65. The van der Waals surface area contributed by atoms with Crippen LogP contribution < -0.4 is 5.32 Å². The standard InChI is InChI=1S/C24H33NO7/c1-14-5-6-18-23(2,9-7-19-24(18,3)13-31-22(28)32-19)16(14)11-17(25-12-20(26)29-4)15-8-10-30-21(15)27/h8,16-19,25H,1,5-7,9-13H2,2-4H3/t16-,17?,18?,19-,23+,24+/m1/s1. The Kier molecular flexibility index (Phi) is 6.09. The van der Waals surface area contributed by atoms with Crippen LogP contribution in [0.5, 0.6) is 0 Å². The van der Waals surface area contributed by atoms with Gasteiger partial charge in [0.1, 0.15) is 19.3 Å². The van der Waals surface area contributed by atoms with Crippen LogP contribution in [0.15, 0.2) is 23.8 Å². The first kappa shape index (κ1) is 22.8. The van der Waals surface area contributed by atoms with E-state index in [1.54, 1.807) is 6.08 Å². The number of rotatable bonds is 6. The second-order valence-corrected chi connectivity index (χ2v) is 10.0. The molecule has 0 amide bonds. The summed E-state index contributed by atoms with van der Waals surface area (Å²) in [6.45, 7) is 9.49. The fraction of sp³-hybridized carbons (Fsp3) is 0.708. The molecule has 0 spiro atoms. The molecule has 8 nitrogen and oxygen atoms in total. The number of carbonyl (C=O) groups excluding carboxylic acids is 3. The highest BCUT2D eigenvalue weighted by atomic mass is 16.7. The molecule has 32 heavy (non-hydrogen) atoms. The van der Waals surface area contributed by atoms with Crippen molar-refractivity contribution in [1.29, 1.82) is 0 Å². The molecule has 4 rings (SSSR count). The summed E-state index contributed by atoms with van der Waals surface area (Å²) in [5, 5.41) is 3.22. The normalized spacial score (nSPS) is 37.3. The fourth-order valence-corrected chi connectivity index (χ4v) is 6.65. The summed E-state index contributed by atoms with van der Waals surface area (Å²) in [4.78, 5) is 35.9. The molecule has 2 unspecified atom stereocenters. The average molecular weight is 448 g/mol. The highest BCUT2D eigenvalue weighted by molar-refractivity contribution is 5.91. The van der Waals surface area contributed by atoms with Gasteiger partial charge in [-0.3, -0.25) is 10.1 Å². The van der Waals surface area contributed by atoms with Gasteiger partial charge in [-0.1, -0.05) is 26.0 Å². The summed E-state index contributed by atoms with van der Waals surface area (Å²) in [7, 11) is 1.34. The van der Waals surface area contributed by atoms with Gasteiger partial charge in [0.05, 0.1) is 19.2 Å². The third-order valence-electron chi connectivity index (χ3n) is 8.38. The lowest BCUT2D eigenvalue weighted by molar-refractivity contribution is -0.193. The number of hydrogen-bond donors (Lipinski definition) is 1. The van der Waals surface area contributed by atoms with Crippen molar-refractivity contribution in [2.75, 3.05) is 26.9 Å². The van der Waals surface area contributed by atoms with Crippen LogP contribution in [-0.4, -0.2) is 57.1 Å². The number of carbonyl (C=O) groups is 3. The van der Waals surface area contributed by atoms with Crippen LogP contribution in [0.4, 0.5) is 4.79 Å². The van der Waals surface area contributed by atoms with E-state index >= 15 is 0 Å². The lowest BCUT2D eigenvalue weighted by Gasteiger charge is -2.61. The Morgan fingerprint density at radius 3 is 2.75 bits per heavy atom. The molecule has 4 aliphatic rings. The summed E-state index contributed by atoms with van der Waals surface area (Å²) in [5.74, 6) is -0.328. The molecule has 1 N–H and O–H groups in total. The molecule has 0 aromatic heterocycles. The molecule has 0 radical (unpaired) electrons. The molecule has 0 aromatic rings. The highest BCUT2D eigenvalue weighted by Gasteiger charge is 2.61. The minimum absolute atomic E-state index is 0.00864. The Hall–Kier alpha value is -2.35. The molecule has 176 valence electrons. The van der Waals surface area contributed by atoms with Crippen LogP contribution in [0.3, 0.4) is 0 Å². The molecule has 2 aliphatic carbocycles. The van der Waals surface area contributed by atoms with Gasteiger partial charge in [0, 0.05) is 11.5 Å². The lowest BCUT2D eigenvalue weighted by Crippen LogP contribution is -2.61. The molecule has 3 fully saturated rings. The van der Waals surface area contributed by atoms with E-state index in [4.69, 9.17) is 18.9 Å². The quantitative estimate of drug-likeness (QED) is 0.377. The topological polar surface area (TPSA) is 100 Å². The van der Waals surface area contributed by atoms with Crippen LogP contribution in [0, 0.1) is 22.7 Å². The van der Waals surface area contributed by atoms with Gasteiger partial charge in [-0.25, -0.2) is 9.59 Å². The number of cyclic esters (lactones) is 2. The van der Waals surface area contributed by atoms with Crippen molar-refractivity contribution in [2.45, 2.75) is 58.1 Å². The van der Waals surface area contributed by atoms with E-state index in [0.717, 1.165) is 31.3 Å². The molecular formula is C24H33NO7. The smallest absolute Gasteiger partial charge is 0.468 e. The van der Waals surface area contributed by atoms with Gasteiger partial charge in [0.2, 0.25) is 0 Å². The van der Waals surface area contributed by atoms with Gasteiger partial charge in [-0.15, -0.1) is 0 Å². The summed E-state index contributed by atoms with van der Waals surface area (Å²) in [6, 6.07) is -0.340. The number of fused-ring (bicyclic) bond motifs is 3. The van der Waals surface area contributed by atoms with E-state index in [-0.39, 0.29) is 59.9 Å². The van der Waals surface area contributed by atoms with E-state index in [2.05, 4.69) is 25.7 Å². The largest absolute Gasteiger partial charge is 0.508 e. The van der Waals surface area contributed by atoms with E-state index in [0.29, 0.717) is 18.6 Å². The zero-order valence-corrected chi connectivity index (χ0v) is 19.1. The minimum atomic E-state index is -0.577. The monoisotopic (exact) mass is 447 g/mol. The van der Waals surface area contributed by atoms with E-state index < -0.39 is 6.16 Å². The minimum Gasteiger partial charge on any atom is -0.468 e. The van der Waals surface area contributed by atoms with Crippen molar-refractivity contribution in [2.24, 2.45) is 22.7 Å². The van der Waals surface area contributed by atoms with Gasteiger partial charge in [0.15, 0.2) is 0 Å². The summed E-state index contributed by atoms with van der Waals surface area (Å²) < 4.78 is 20.9. The maximum absolute atomic E-state index is 12.4. The maximum Gasteiger partial charge on any atom is 0.508 e. The molecule has 2 aliphatic heterocycles. The average Bonchev–Trinajstić information content (AvgIpc) is 3.18. The number of esters is 2. The Labute approximate surface area is 188 Å². The SMILES string of the molecule is C=C1CCC2[C@]3(C)COC(=O)O[C@@H]3CC[C@@]2(C)[C@@H]1CC(NCC(=O)OC)C1=CCOC1=O. The third-order valence-corrected chi connectivity index (χ3v) is 8.38. The first-order chi connectivity index (χ1) is 15.2. The summed E-state index contributed by atoms with van der Waals surface area (Å²) in [5.41, 5.74) is 1.36. The predicted molar refractivity (Wildman–Crippen MR) is 114 cm³/mol. The molecule has 1 saturated heterocycles. The predicted octanol–water partition coefficient (Wildman–Crippen LogP) is 2.92. The van der Waals surface area contributed by atoms with E-state index in [1.165, 1.54) is 7.11 Å². The van der Waals surface area contributed by atoms with Crippen molar-refractivity contribution in [1.82, 2.24) is 5.32 Å². The maximum atomic E-state index is 12.4. The molecule has 0 bridgehead atoms. The summed E-state index contributed by atoms with van der Waals surface area (Å²) in [6.07, 6.45) is 5.19. The van der Waals surface area contributed by atoms with Gasteiger partial charge >= 0.3 is 18.1 Å². The number of nitrogens with one attached hydrogen (secondary N) is 1. The van der Waals surface area contributed by atoms with Crippen LogP contribution in [-0.2, 0) is 28.5 Å². The lowest BCUT2D eigenvalue weighted by atomic mass is 9.45. The Morgan fingerprint density at radius 1 is 1.28 bits per heavy atom. The Morgan fingerprint density at radius 2 is 2.06 bits per heavy atom. The Balaban J connectivity index is 1.60. The second kappa shape index (κ2) is 8.54. The van der Waals surface area contributed by atoms with Crippen LogP contribution in [0.2, 0.25) is 0 Å². The molecular weight excluding hydrogens is 414 g/mol. The summed E-state index contributed by atoms with van der Waals surface area (Å²) >= 11 is 0. The van der Waals surface area contributed by atoms with Crippen molar-refractivity contribution >= 4 is 18.1 Å². The molecule has 8 heteroatoms. The molecule has 2 heterocycles. The van der Waals surface area contributed by atoms with E-state index in [1.807, 2.05) is 0 Å². The number of allylic oxidation sites excluding steroid dienone is 1. The van der Waals surface area contributed by atoms with Crippen molar-refractivity contribution < 1.29 is 33.3 Å². The number of ether oxygens (including phenoxy) is 4. The third kappa shape index (κ3) is 3.83. The van der Waals surface area contributed by atoms with Gasteiger partial charge in [-0.2, -0.15) is 0 Å². The zero-order valence-electron chi connectivity index (χ0n) is 19.1. The van der Waals surface area contributed by atoms with Crippen LogP contribution >= 0.6 is 0 Å². The molecule has 0 aromatic carbocycles. The second-order valence-electron chi connectivity index (χ2n) is 10.0.